The third kappa shape index (κ3) is 4.19. The first kappa shape index (κ1) is 13.8. The second-order valence-electron chi connectivity index (χ2n) is 4.72. The lowest BCUT2D eigenvalue weighted by Gasteiger charge is -2.12. The summed E-state index contributed by atoms with van der Waals surface area (Å²) >= 11 is 0. The van der Waals surface area contributed by atoms with Gasteiger partial charge in [-0.3, -0.25) is 0 Å². The highest BCUT2D eigenvalue weighted by Crippen LogP contribution is 2.20. The number of benzene rings is 2. The smallest absolute Gasteiger partial charge is 0.0793 e. The summed E-state index contributed by atoms with van der Waals surface area (Å²) < 4.78 is 5.11. The van der Waals surface area contributed by atoms with Crippen molar-refractivity contribution in [3.05, 3.63) is 71.3 Å². The Labute approximate surface area is 114 Å². The van der Waals surface area contributed by atoms with Gasteiger partial charge in [-0.25, -0.2) is 0 Å². The second-order valence-corrected chi connectivity index (χ2v) is 4.72. The number of aliphatic hydroxyl groups is 1. The summed E-state index contributed by atoms with van der Waals surface area (Å²) in [6.07, 6.45) is 1.20. The number of ether oxygens (including phenoxy) is 1. The Balaban J connectivity index is 1.95. The molecule has 19 heavy (non-hydrogen) atoms. The third-order valence-electron chi connectivity index (χ3n) is 3.20. The van der Waals surface area contributed by atoms with E-state index in [2.05, 4.69) is 12.1 Å². The van der Waals surface area contributed by atoms with Crippen LogP contribution in [0, 0.1) is 0 Å². The lowest BCUT2D eigenvalue weighted by Crippen LogP contribution is -2.01. The minimum atomic E-state index is -0.419. The van der Waals surface area contributed by atoms with Crippen LogP contribution in [-0.4, -0.2) is 12.2 Å². The van der Waals surface area contributed by atoms with Gasteiger partial charge in [0, 0.05) is 7.11 Å². The molecule has 0 spiro atoms. The number of methoxy groups -OCH3 is 1. The Morgan fingerprint density at radius 2 is 1.74 bits per heavy atom. The fourth-order valence-corrected chi connectivity index (χ4v) is 2.17. The topological polar surface area (TPSA) is 29.5 Å². The van der Waals surface area contributed by atoms with E-state index >= 15 is 0 Å². The van der Waals surface area contributed by atoms with E-state index in [1.807, 2.05) is 42.5 Å². The number of hydrogen-bond donors (Lipinski definition) is 1. The van der Waals surface area contributed by atoms with Crippen molar-refractivity contribution in [2.45, 2.75) is 25.6 Å². The van der Waals surface area contributed by atoms with Crippen molar-refractivity contribution in [1.29, 1.82) is 0 Å². The lowest BCUT2D eigenvalue weighted by molar-refractivity contribution is 0.166. The number of aliphatic hydroxyl groups excluding tert-OH is 1. The van der Waals surface area contributed by atoms with Crippen molar-refractivity contribution in [3.8, 4) is 0 Å². The van der Waals surface area contributed by atoms with E-state index < -0.39 is 6.10 Å². The van der Waals surface area contributed by atoms with Crippen LogP contribution in [-0.2, 0) is 17.8 Å². The van der Waals surface area contributed by atoms with Crippen molar-refractivity contribution < 1.29 is 9.84 Å². The van der Waals surface area contributed by atoms with Crippen molar-refractivity contribution in [1.82, 2.24) is 0 Å². The van der Waals surface area contributed by atoms with E-state index in [0.29, 0.717) is 6.61 Å². The van der Waals surface area contributed by atoms with Gasteiger partial charge in [0.15, 0.2) is 0 Å². The standard InChI is InChI=1S/C17H20O2/c1-19-13-15-8-5-9-16(12-15)17(18)11-10-14-6-3-2-4-7-14/h2-9,12,17-18H,10-11,13H2,1H3. The summed E-state index contributed by atoms with van der Waals surface area (Å²) in [6.45, 7) is 0.583. The Kier molecular flexibility index (Phi) is 5.13. The molecule has 1 N–H and O–H groups in total. The zero-order valence-electron chi connectivity index (χ0n) is 11.3. The quantitative estimate of drug-likeness (QED) is 0.857. The van der Waals surface area contributed by atoms with E-state index in [1.54, 1.807) is 7.11 Å². The molecule has 0 aromatic heterocycles. The molecule has 0 saturated carbocycles. The van der Waals surface area contributed by atoms with Crippen molar-refractivity contribution >= 4 is 0 Å². The minimum absolute atomic E-state index is 0.419. The van der Waals surface area contributed by atoms with E-state index in [1.165, 1.54) is 5.56 Å². The molecule has 0 radical (unpaired) electrons. The van der Waals surface area contributed by atoms with Crippen molar-refractivity contribution in [2.75, 3.05) is 7.11 Å². The number of aryl methyl sites for hydroxylation is 1. The summed E-state index contributed by atoms with van der Waals surface area (Å²) in [4.78, 5) is 0. The van der Waals surface area contributed by atoms with E-state index in [0.717, 1.165) is 24.0 Å². The van der Waals surface area contributed by atoms with Crippen molar-refractivity contribution in [2.24, 2.45) is 0 Å². The molecule has 2 heteroatoms. The SMILES string of the molecule is COCc1cccc(C(O)CCc2ccccc2)c1. The molecule has 0 saturated heterocycles. The lowest BCUT2D eigenvalue weighted by atomic mass is 10.00. The monoisotopic (exact) mass is 256 g/mol. The Morgan fingerprint density at radius 3 is 2.47 bits per heavy atom. The van der Waals surface area contributed by atoms with Gasteiger partial charge in [-0.2, -0.15) is 0 Å². The Hall–Kier alpha value is -1.64. The van der Waals surface area contributed by atoms with Gasteiger partial charge in [0.05, 0.1) is 12.7 Å². The molecule has 0 aliphatic heterocycles. The summed E-state index contributed by atoms with van der Waals surface area (Å²) in [5.41, 5.74) is 3.32. The molecule has 0 heterocycles. The predicted molar refractivity (Wildman–Crippen MR) is 76.9 cm³/mol. The van der Waals surface area contributed by atoms with Gasteiger partial charge in [0.25, 0.3) is 0 Å². The average molecular weight is 256 g/mol. The van der Waals surface area contributed by atoms with Crippen molar-refractivity contribution in [3.63, 3.8) is 0 Å². The fraction of sp³-hybridized carbons (Fsp3) is 0.294. The van der Waals surface area contributed by atoms with Crippen LogP contribution >= 0.6 is 0 Å². The molecule has 2 aromatic rings. The van der Waals surface area contributed by atoms with Gasteiger partial charge < -0.3 is 9.84 Å². The summed E-state index contributed by atoms with van der Waals surface area (Å²) in [5, 5.41) is 10.2. The molecule has 0 aliphatic rings. The van der Waals surface area contributed by atoms with E-state index in [9.17, 15) is 5.11 Å². The Bertz CT molecular complexity index is 494. The molecule has 2 aromatic carbocycles. The molecule has 0 aliphatic carbocycles. The highest BCUT2D eigenvalue weighted by Gasteiger charge is 2.08. The summed E-state index contributed by atoms with van der Waals surface area (Å²) in [7, 11) is 1.68. The van der Waals surface area contributed by atoms with E-state index in [-0.39, 0.29) is 0 Å². The number of rotatable bonds is 6. The molecule has 100 valence electrons. The van der Waals surface area contributed by atoms with E-state index in [4.69, 9.17) is 4.74 Å². The maximum absolute atomic E-state index is 10.2. The molecule has 2 nitrogen and oxygen atoms in total. The van der Waals surface area contributed by atoms with Crippen LogP contribution in [0.1, 0.15) is 29.2 Å². The first-order valence-corrected chi connectivity index (χ1v) is 6.59. The molecule has 1 unspecified atom stereocenters. The van der Waals surface area contributed by atoms with Gasteiger partial charge in [-0.05, 0) is 29.5 Å². The van der Waals surface area contributed by atoms with Crippen LogP contribution in [0.5, 0.6) is 0 Å². The van der Waals surface area contributed by atoms with Crippen LogP contribution < -0.4 is 0 Å². The van der Waals surface area contributed by atoms with Gasteiger partial charge in [0.1, 0.15) is 0 Å². The fourth-order valence-electron chi connectivity index (χ4n) is 2.17. The molecule has 0 bridgehead atoms. The zero-order valence-corrected chi connectivity index (χ0v) is 11.3. The largest absolute Gasteiger partial charge is 0.388 e. The van der Waals surface area contributed by atoms with Crippen LogP contribution in [0.25, 0.3) is 0 Å². The molecular weight excluding hydrogens is 236 g/mol. The predicted octanol–water partition coefficient (Wildman–Crippen LogP) is 3.50. The normalized spacial score (nSPS) is 12.3. The highest BCUT2D eigenvalue weighted by molar-refractivity contribution is 5.25. The van der Waals surface area contributed by atoms with Gasteiger partial charge in [-0.1, -0.05) is 54.6 Å². The van der Waals surface area contributed by atoms with Crippen LogP contribution in [0.2, 0.25) is 0 Å². The number of hydrogen-bond acceptors (Lipinski definition) is 2. The van der Waals surface area contributed by atoms with Crippen LogP contribution in [0.4, 0.5) is 0 Å². The summed E-state index contributed by atoms with van der Waals surface area (Å²) in [6, 6.07) is 18.2. The molecule has 0 amide bonds. The minimum Gasteiger partial charge on any atom is -0.388 e. The molecule has 2 rings (SSSR count). The average Bonchev–Trinajstić information content (AvgIpc) is 2.46. The zero-order chi connectivity index (χ0) is 13.5. The van der Waals surface area contributed by atoms with Gasteiger partial charge in [-0.15, -0.1) is 0 Å². The molecule has 1 atom stereocenters. The van der Waals surface area contributed by atoms with Gasteiger partial charge in [0.2, 0.25) is 0 Å². The first-order chi connectivity index (χ1) is 9.29. The van der Waals surface area contributed by atoms with Crippen LogP contribution in [0.3, 0.4) is 0 Å². The molecular formula is C17H20O2. The molecule has 0 fully saturated rings. The summed E-state index contributed by atoms with van der Waals surface area (Å²) in [5.74, 6) is 0. The van der Waals surface area contributed by atoms with Gasteiger partial charge >= 0.3 is 0 Å². The maximum Gasteiger partial charge on any atom is 0.0793 e. The highest BCUT2D eigenvalue weighted by atomic mass is 16.5. The maximum atomic E-state index is 10.2. The van der Waals surface area contributed by atoms with Crippen LogP contribution in [0.15, 0.2) is 54.6 Å². The Morgan fingerprint density at radius 1 is 1.00 bits per heavy atom. The second kappa shape index (κ2) is 7.07. The first-order valence-electron chi connectivity index (χ1n) is 6.59. The third-order valence-corrected chi connectivity index (χ3v) is 3.20.